The molecule has 3 aromatic carbocycles. The van der Waals surface area contributed by atoms with Crippen LogP contribution in [0.15, 0.2) is 65.6 Å². The summed E-state index contributed by atoms with van der Waals surface area (Å²) in [4.78, 5) is 39.2. The van der Waals surface area contributed by atoms with Crippen molar-refractivity contribution in [2.45, 2.75) is 27.4 Å². The van der Waals surface area contributed by atoms with Gasteiger partial charge in [0, 0.05) is 5.69 Å². The average Bonchev–Trinajstić information content (AvgIpc) is 3.14. The maximum Gasteiger partial charge on any atom is 0.294 e. The van der Waals surface area contributed by atoms with E-state index in [0.29, 0.717) is 29.4 Å². The van der Waals surface area contributed by atoms with E-state index in [1.807, 2.05) is 39.0 Å². The van der Waals surface area contributed by atoms with Gasteiger partial charge in [0.15, 0.2) is 11.5 Å². The first-order valence-corrected chi connectivity index (χ1v) is 12.8. The minimum Gasteiger partial charge on any atom is -0.490 e. The molecule has 0 aliphatic carbocycles. The number of anilines is 1. The van der Waals surface area contributed by atoms with Gasteiger partial charge in [0.25, 0.3) is 11.1 Å². The minimum absolute atomic E-state index is 0.206. The lowest BCUT2D eigenvalue weighted by Crippen LogP contribution is -2.36. The van der Waals surface area contributed by atoms with Gasteiger partial charge in [0.05, 0.1) is 11.5 Å². The van der Waals surface area contributed by atoms with Crippen LogP contribution < -0.4 is 14.8 Å². The number of carbonyl (C=O) groups is 3. The van der Waals surface area contributed by atoms with Crippen LogP contribution in [0.5, 0.6) is 11.5 Å². The lowest BCUT2D eigenvalue weighted by molar-refractivity contribution is -0.127. The van der Waals surface area contributed by atoms with E-state index in [1.165, 1.54) is 12.1 Å². The van der Waals surface area contributed by atoms with Gasteiger partial charge in [-0.3, -0.25) is 19.3 Å². The third-order valence-corrected chi connectivity index (χ3v) is 6.62. The fraction of sp³-hybridized carbons (Fsp3) is 0.207. The van der Waals surface area contributed by atoms with E-state index in [0.717, 1.165) is 33.4 Å². The van der Waals surface area contributed by atoms with Crippen molar-refractivity contribution in [3.63, 3.8) is 0 Å². The molecule has 0 radical (unpaired) electrons. The van der Waals surface area contributed by atoms with E-state index in [2.05, 4.69) is 5.32 Å². The third kappa shape index (κ3) is 6.60. The van der Waals surface area contributed by atoms with Crippen LogP contribution in [0.3, 0.4) is 0 Å². The van der Waals surface area contributed by atoms with Gasteiger partial charge in [-0.1, -0.05) is 30.3 Å². The summed E-state index contributed by atoms with van der Waals surface area (Å²) in [5, 5.41) is 2.26. The summed E-state index contributed by atoms with van der Waals surface area (Å²) in [5.41, 5.74) is 3.94. The molecule has 38 heavy (non-hydrogen) atoms. The lowest BCUT2D eigenvalue weighted by Gasteiger charge is -2.14. The molecule has 1 fully saturated rings. The summed E-state index contributed by atoms with van der Waals surface area (Å²) in [5.74, 6) is -0.353. The number of nitrogens with zero attached hydrogens (tertiary/aromatic N) is 1. The zero-order valence-corrected chi connectivity index (χ0v) is 22.1. The van der Waals surface area contributed by atoms with E-state index in [4.69, 9.17) is 9.47 Å². The van der Waals surface area contributed by atoms with Crippen molar-refractivity contribution in [1.82, 2.24) is 4.90 Å². The minimum atomic E-state index is -0.536. The highest BCUT2D eigenvalue weighted by Gasteiger charge is 2.36. The number of amides is 3. The van der Waals surface area contributed by atoms with Crippen LogP contribution in [-0.2, 0) is 16.2 Å². The van der Waals surface area contributed by atoms with Crippen molar-refractivity contribution in [3.8, 4) is 11.5 Å². The van der Waals surface area contributed by atoms with Gasteiger partial charge in [0.1, 0.15) is 19.0 Å². The van der Waals surface area contributed by atoms with Gasteiger partial charge in [0.2, 0.25) is 5.91 Å². The second-order valence-corrected chi connectivity index (χ2v) is 9.68. The van der Waals surface area contributed by atoms with Crippen LogP contribution in [0.2, 0.25) is 0 Å². The molecule has 0 bridgehead atoms. The molecular formula is C29H27FN2O5S. The Morgan fingerprint density at radius 3 is 2.50 bits per heavy atom. The first kappa shape index (κ1) is 26.9. The Kier molecular flexibility index (Phi) is 8.48. The van der Waals surface area contributed by atoms with Gasteiger partial charge in [-0.2, -0.15) is 0 Å². The first-order chi connectivity index (χ1) is 18.2. The Labute approximate surface area is 224 Å². The zero-order chi connectivity index (χ0) is 27.2. The molecule has 3 amide bonds. The van der Waals surface area contributed by atoms with Gasteiger partial charge in [-0.05, 0) is 91.2 Å². The maximum atomic E-state index is 13.1. The molecule has 1 heterocycles. The number of carbonyl (C=O) groups excluding carboxylic acids is 3. The monoisotopic (exact) mass is 534 g/mol. The number of halogens is 1. The van der Waals surface area contributed by atoms with Crippen LogP contribution in [0.4, 0.5) is 14.9 Å². The van der Waals surface area contributed by atoms with E-state index < -0.39 is 17.1 Å². The van der Waals surface area contributed by atoms with Gasteiger partial charge in [-0.15, -0.1) is 0 Å². The molecule has 1 N–H and O–H groups in total. The predicted molar refractivity (Wildman–Crippen MR) is 146 cm³/mol. The highest BCUT2D eigenvalue weighted by Crippen LogP contribution is 2.35. The van der Waals surface area contributed by atoms with Crippen LogP contribution in [-0.4, -0.2) is 35.1 Å². The van der Waals surface area contributed by atoms with Gasteiger partial charge >= 0.3 is 0 Å². The van der Waals surface area contributed by atoms with Crippen molar-refractivity contribution in [2.24, 2.45) is 0 Å². The molecule has 3 aromatic rings. The molecule has 0 aromatic heterocycles. The number of nitrogens with one attached hydrogen (secondary N) is 1. The second kappa shape index (κ2) is 12.0. The highest BCUT2D eigenvalue weighted by atomic mass is 32.2. The van der Waals surface area contributed by atoms with Crippen molar-refractivity contribution in [3.05, 3.63) is 93.6 Å². The van der Waals surface area contributed by atoms with Crippen LogP contribution in [0.1, 0.15) is 29.2 Å². The topological polar surface area (TPSA) is 84.9 Å². The lowest BCUT2D eigenvalue weighted by atomic mass is 10.1. The molecule has 0 spiro atoms. The summed E-state index contributed by atoms with van der Waals surface area (Å²) in [6, 6.07) is 16.8. The molecule has 196 valence electrons. The number of benzene rings is 3. The number of aryl methyl sites for hydroxylation is 2. The standard InChI is InChI=1S/C29H27FN2O5S/c1-4-36-25-14-21(9-12-24(25)37-17-20-7-10-22(30)11-8-20)15-26-28(34)32(29(35)38-26)16-27(33)31-23-13-18(2)5-6-19(23)3/h5-15H,4,16-17H2,1-3H3,(H,31,33)/b26-15-. The fourth-order valence-electron chi connectivity index (χ4n) is 3.74. The van der Waals surface area contributed by atoms with Crippen molar-refractivity contribution in [1.29, 1.82) is 0 Å². The second-order valence-electron chi connectivity index (χ2n) is 8.69. The molecule has 0 saturated carbocycles. The molecule has 7 nitrogen and oxygen atoms in total. The third-order valence-electron chi connectivity index (χ3n) is 5.72. The average molecular weight is 535 g/mol. The number of rotatable bonds is 9. The normalized spacial score (nSPS) is 14.2. The van der Waals surface area contributed by atoms with Gasteiger partial charge < -0.3 is 14.8 Å². The Morgan fingerprint density at radius 1 is 1.00 bits per heavy atom. The summed E-state index contributed by atoms with van der Waals surface area (Å²) in [6.45, 7) is 5.86. The Hall–Kier alpha value is -4.11. The zero-order valence-electron chi connectivity index (χ0n) is 21.2. The Morgan fingerprint density at radius 2 is 1.76 bits per heavy atom. The number of imide groups is 1. The van der Waals surface area contributed by atoms with E-state index >= 15 is 0 Å². The molecule has 1 saturated heterocycles. The molecule has 1 aliphatic rings. The molecule has 9 heteroatoms. The van der Waals surface area contributed by atoms with E-state index in [9.17, 15) is 18.8 Å². The molecule has 1 aliphatic heterocycles. The quantitative estimate of drug-likeness (QED) is 0.334. The number of thioether (sulfide) groups is 1. The van der Waals surface area contributed by atoms with Crippen molar-refractivity contribution >= 4 is 40.6 Å². The largest absolute Gasteiger partial charge is 0.490 e. The number of ether oxygens (including phenoxy) is 2. The summed E-state index contributed by atoms with van der Waals surface area (Å²) < 4.78 is 24.7. The summed E-state index contributed by atoms with van der Waals surface area (Å²) in [6.07, 6.45) is 1.58. The van der Waals surface area contributed by atoms with Crippen LogP contribution >= 0.6 is 11.8 Å². The Balaban J connectivity index is 1.45. The maximum absolute atomic E-state index is 13.1. The van der Waals surface area contributed by atoms with Crippen LogP contribution in [0, 0.1) is 19.7 Å². The SMILES string of the molecule is CCOc1cc(/C=C2\SC(=O)N(CC(=O)Nc3cc(C)ccc3C)C2=O)ccc1OCc1ccc(F)cc1. The predicted octanol–water partition coefficient (Wildman–Crippen LogP) is 6.10. The smallest absolute Gasteiger partial charge is 0.294 e. The number of hydrogen-bond acceptors (Lipinski definition) is 6. The molecular weight excluding hydrogens is 507 g/mol. The summed E-state index contributed by atoms with van der Waals surface area (Å²) >= 11 is 0.778. The van der Waals surface area contributed by atoms with E-state index in [-0.39, 0.29) is 23.9 Å². The fourth-order valence-corrected chi connectivity index (χ4v) is 4.57. The highest BCUT2D eigenvalue weighted by molar-refractivity contribution is 8.18. The molecule has 4 rings (SSSR count). The van der Waals surface area contributed by atoms with E-state index in [1.54, 1.807) is 36.4 Å². The molecule has 0 atom stereocenters. The Bertz CT molecular complexity index is 1400. The van der Waals surface area contributed by atoms with Gasteiger partial charge in [-0.25, -0.2) is 4.39 Å². The van der Waals surface area contributed by atoms with Crippen LogP contribution in [0.25, 0.3) is 6.08 Å². The summed E-state index contributed by atoms with van der Waals surface area (Å²) in [7, 11) is 0. The van der Waals surface area contributed by atoms with Crippen molar-refractivity contribution < 1.29 is 28.2 Å². The molecule has 0 unspecified atom stereocenters. The first-order valence-electron chi connectivity index (χ1n) is 12.0. The van der Waals surface area contributed by atoms with Crippen molar-refractivity contribution in [2.75, 3.05) is 18.5 Å². The number of hydrogen-bond donors (Lipinski definition) is 1.